The molecule has 0 saturated heterocycles. The highest BCUT2D eigenvalue weighted by Gasteiger charge is 2.01. The Kier molecular flexibility index (Phi) is 2.90. The minimum Gasteiger partial charge on any atom is -0.327 e. The molecule has 0 bridgehead atoms. The van der Waals surface area contributed by atoms with Crippen molar-refractivity contribution in [1.82, 2.24) is 14.8 Å². The Hall–Kier alpha value is -0.550. The van der Waals surface area contributed by atoms with Gasteiger partial charge in [-0.3, -0.25) is 0 Å². The predicted molar refractivity (Wildman–Crippen MR) is 45.4 cm³/mol. The zero-order chi connectivity index (χ0) is 8.27. The van der Waals surface area contributed by atoms with Crippen LogP contribution in [-0.4, -0.2) is 26.6 Å². The van der Waals surface area contributed by atoms with E-state index in [1.165, 1.54) is 0 Å². The van der Waals surface area contributed by atoms with Crippen molar-refractivity contribution in [1.29, 1.82) is 0 Å². The maximum atomic E-state index is 5.58. The van der Waals surface area contributed by atoms with Gasteiger partial charge in [-0.05, 0) is 6.92 Å². The maximum Gasteiger partial charge on any atom is 0.185 e. The van der Waals surface area contributed by atoms with Gasteiger partial charge in [-0.1, -0.05) is 11.8 Å². The van der Waals surface area contributed by atoms with Gasteiger partial charge in [0.25, 0.3) is 0 Å². The van der Waals surface area contributed by atoms with Gasteiger partial charge in [0.05, 0.1) is 0 Å². The fourth-order valence-electron chi connectivity index (χ4n) is 0.622. The summed E-state index contributed by atoms with van der Waals surface area (Å²) >= 11 is 1.63. The largest absolute Gasteiger partial charge is 0.327 e. The summed E-state index contributed by atoms with van der Waals surface area (Å²) < 4.78 is 1.74. The van der Waals surface area contributed by atoms with Crippen LogP contribution in [0.2, 0.25) is 0 Å². The SMILES string of the molecule is C[C@@H](N)CSc1ncnn1C. The predicted octanol–water partition coefficient (Wildman–Crippen LogP) is 0.254. The van der Waals surface area contributed by atoms with Crippen LogP contribution in [-0.2, 0) is 7.05 Å². The third-order valence-corrected chi connectivity index (χ3v) is 2.47. The van der Waals surface area contributed by atoms with E-state index in [1.807, 2.05) is 14.0 Å². The van der Waals surface area contributed by atoms with Gasteiger partial charge in [0.2, 0.25) is 0 Å². The second-order valence-electron chi connectivity index (χ2n) is 2.45. The van der Waals surface area contributed by atoms with E-state index in [4.69, 9.17) is 5.73 Å². The van der Waals surface area contributed by atoms with Gasteiger partial charge in [0.15, 0.2) is 5.16 Å². The van der Waals surface area contributed by atoms with Crippen molar-refractivity contribution in [2.75, 3.05) is 5.75 Å². The van der Waals surface area contributed by atoms with Crippen LogP contribution in [0.4, 0.5) is 0 Å². The zero-order valence-corrected chi connectivity index (χ0v) is 7.51. The van der Waals surface area contributed by atoms with Gasteiger partial charge in [0, 0.05) is 18.8 Å². The molecular formula is C6H12N4S. The molecule has 0 aliphatic heterocycles. The minimum absolute atomic E-state index is 0.205. The molecular weight excluding hydrogens is 160 g/mol. The number of hydrogen-bond acceptors (Lipinski definition) is 4. The summed E-state index contributed by atoms with van der Waals surface area (Å²) in [7, 11) is 1.87. The molecule has 1 atom stereocenters. The van der Waals surface area contributed by atoms with Crippen molar-refractivity contribution < 1.29 is 0 Å². The van der Waals surface area contributed by atoms with Crippen LogP contribution < -0.4 is 5.73 Å². The van der Waals surface area contributed by atoms with Crippen LogP contribution >= 0.6 is 11.8 Å². The summed E-state index contributed by atoms with van der Waals surface area (Å²) in [6, 6.07) is 0.205. The van der Waals surface area contributed by atoms with E-state index in [2.05, 4.69) is 10.1 Å². The number of nitrogens with two attached hydrogens (primary N) is 1. The third kappa shape index (κ3) is 2.51. The van der Waals surface area contributed by atoms with E-state index in [9.17, 15) is 0 Å². The van der Waals surface area contributed by atoms with Crippen LogP contribution in [0.1, 0.15) is 6.92 Å². The Morgan fingerprint density at radius 2 is 2.55 bits per heavy atom. The summed E-state index contributed by atoms with van der Waals surface area (Å²) in [6.07, 6.45) is 1.55. The Morgan fingerprint density at radius 3 is 3.00 bits per heavy atom. The first-order valence-electron chi connectivity index (χ1n) is 3.42. The molecule has 1 aromatic heterocycles. The number of thioether (sulfide) groups is 1. The fourth-order valence-corrected chi connectivity index (χ4v) is 1.39. The number of nitrogens with zero attached hydrogens (tertiary/aromatic N) is 3. The van der Waals surface area contributed by atoms with Crippen LogP contribution in [0.3, 0.4) is 0 Å². The first-order valence-corrected chi connectivity index (χ1v) is 4.41. The van der Waals surface area contributed by atoms with E-state index in [0.29, 0.717) is 0 Å². The smallest absolute Gasteiger partial charge is 0.185 e. The molecule has 0 saturated carbocycles. The Balaban J connectivity index is 2.44. The van der Waals surface area contributed by atoms with E-state index in [0.717, 1.165) is 10.9 Å². The Morgan fingerprint density at radius 1 is 1.82 bits per heavy atom. The normalized spacial score (nSPS) is 13.4. The molecule has 62 valence electrons. The van der Waals surface area contributed by atoms with Gasteiger partial charge in [-0.2, -0.15) is 5.10 Å². The van der Waals surface area contributed by atoms with Gasteiger partial charge in [-0.15, -0.1) is 0 Å². The fraction of sp³-hybridized carbons (Fsp3) is 0.667. The van der Waals surface area contributed by atoms with Crippen molar-refractivity contribution >= 4 is 11.8 Å². The van der Waals surface area contributed by atoms with E-state index in [1.54, 1.807) is 22.8 Å². The first kappa shape index (κ1) is 8.55. The lowest BCUT2D eigenvalue weighted by molar-refractivity contribution is 0.683. The number of aromatic nitrogens is 3. The average Bonchev–Trinajstić information content (AvgIpc) is 2.31. The molecule has 0 aromatic carbocycles. The van der Waals surface area contributed by atoms with Gasteiger partial charge >= 0.3 is 0 Å². The van der Waals surface area contributed by atoms with Crippen molar-refractivity contribution in [3.63, 3.8) is 0 Å². The summed E-state index contributed by atoms with van der Waals surface area (Å²) in [5.74, 6) is 0.881. The Bertz CT molecular complexity index is 220. The molecule has 4 nitrogen and oxygen atoms in total. The molecule has 1 rings (SSSR count). The van der Waals surface area contributed by atoms with Crippen LogP contribution in [0.5, 0.6) is 0 Å². The molecule has 1 heterocycles. The van der Waals surface area contributed by atoms with Gasteiger partial charge < -0.3 is 5.73 Å². The average molecular weight is 172 g/mol. The molecule has 0 aliphatic carbocycles. The van der Waals surface area contributed by atoms with Crippen LogP contribution in [0.25, 0.3) is 0 Å². The second kappa shape index (κ2) is 3.73. The standard InChI is InChI=1S/C6H12N4S/c1-5(7)3-11-6-8-4-9-10(6)2/h4-5H,3,7H2,1-2H3/t5-/m1/s1. The zero-order valence-electron chi connectivity index (χ0n) is 6.69. The maximum absolute atomic E-state index is 5.58. The molecule has 11 heavy (non-hydrogen) atoms. The number of hydrogen-bond donors (Lipinski definition) is 1. The lowest BCUT2D eigenvalue weighted by Crippen LogP contribution is -2.17. The molecule has 2 N–H and O–H groups in total. The molecule has 5 heteroatoms. The molecule has 0 radical (unpaired) electrons. The lowest BCUT2D eigenvalue weighted by Gasteiger charge is -2.02. The molecule has 1 aromatic rings. The monoisotopic (exact) mass is 172 g/mol. The molecule has 0 fully saturated rings. The van der Waals surface area contributed by atoms with Crippen molar-refractivity contribution in [3.05, 3.63) is 6.33 Å². The van der Waals surface area contributed by atoms with Crippen molar-refractivity contribution in [2.24, 2.45) is 12.8 Å². The molecule has 0 amide bonds. The molecule has 0 spiro atoms. The summed E-state index contributed by atoms with van der Waals surface area (Å²) in [5, 5.41) is 4.86. The second-order valence-corrected chi connectivity index (χ2v) is 3.44. The van der Waals surface area contributed by atoms with Gasteiger partial charge in [0.1, 0.15) is 6.33 Å². The van der Waals surface area contributed by atoms with Crippen molar-refractivity contribution in [3.8, 4) is 0 Å². The topological polar surface area (TPSA) is 56.7 Å². The number of aryl methyl sites for hydroxylation is 1. The summed E-state index contributed by atoms with van der Waals surface area (Å²) in [6.45, 7) is 1.98. The number of rotatable bonds is 3. The van der Waals surface area contributed by atoms with E-state index < -0.39 is 0 Å². The van der Waals surface area contributed by atoms with E-state index in [-0.39, 0.29) is 6.04 Å². The van der Waals surface area contributed by atoms with E-state index >= 15 is 0 Å². The highest BCUT2D eigenvalue weighted by Crippen LogP contribution is 2.12. The minimum atomic E-state index is 0.205. The molecule has 0 aliphatic rings. The van der Waals surface area contributed by atoms with Crippen LogP contribution in [0.15, 0.2) is 11.5 Å². The first-order chi connectivity index (χ1) is 5.20. The highest BCUT2D eigenvalue weighted by molar-refractivity contribution is 7.99. The quantitative estimate of drug-likeness (QED) is 0.664. The third-order valence-electron chi connectivity index (χ3n) is 1.15. The lowest BCUT2D eigenvalue weighted by atomic mass is 10.4. The highest BCUT2D eigenvalue weighted by atomic mass is 32.2. The van der Waals surface area contributed by atoms with Crippen molar-refractivity contribution in [2.45, 2.75) is 18.1 Å². The van der Waals surface area contributed by atoms with Crippen LogP contribution in [0, 0.1) is 0 Å². The van der Waals surface area contributed by atoms with Gasteiger partial charge in [-0.25, -0.2) is 9.67 Å². The Labute approximate surface area is 70.2 Å². The molecule has 0 unspecified atom stereocenters. The summed E-state index contributed by atoms with van der Waals surface area (Å²) in [4.78, 5) is 4.05. The summed E-state index contributed by atoms with van der Waals surface area (Å²) in [5.41, 5.74) is 5.58.